The highest BCUT2D eigenvalue weighted by Gasteiger charge is 2.09. The van der Waals surface area contributed by atoms with Gasteiger partial charge in [0.05, 0.1) is 4.90 Å². The maximum absolute atomic E-state index is 11.3. The van der Waals surface area contributed by atoms with Crippen LogP contribution < -0.4 is 10.5 Å². The Hall–Kier alpha value is -1.56. The van der Waals surface area contributed by atoms with Crippen molar-refractivity contribution in [2.75, 3.05) is 5.32 Å². The fourth-order valence-corrected chi connectivity index (χ4v) is 2.43. The average Bonchev–Trinajstić information content (AvgIpc) is 2.38. The zero-order valence-corrected chi connectivity index (χ0v) is 12.5. The van der Waals surface area contributed by atoms with Gasteiger partial charge in [-0.05, 0) is 42.3 Å². The summed E-state index contributed by atoms with van der Waals surface area (Å²) in [5.41, 5.74) is 2.74. The van der Waals surface area contributed by atoms with Crippen LogP contribution in [0.15, 0.2) is 47.4 Å². The molecular weight excluding hydrogens is 296 g/mol. The van der Waals surface area contributed by atoms with E-state index >= 15 is 0 Å². The van der Waals surface area contributed by atoms with Crippen molar-refractivity contribution in [1.29, 1.82) is 0 Å². The Balaban J connectivity index is 2.19. The molecule has 0 aromatic heterocycles. The Bertz CT molecular complexity index is 712. The Morgan fingerprint density at radius 1 is 1.15 bits per heavy atom. The van der Waals surface area contributed by atoms with Crippen LogP contribution in [-0.4, -0.2) is 8.42 Å². The van der Waals surface area contributed by atoms with Gasteiger partial charge in [0.1, 0.15) is 0 Å². The first-order valence-corrected chi connectivity index (χ1v) is 7.90. The third-order valence-electron chi connectivity index (χ3n) is 2.93. The number of sulfonamides is 1. The molecule has 6 heteroatoms. The van der Waals surface area contributed by atoms with E-state index in [0.29, 0.717) is 11.6 Å². The molecule has 0 aliphatic rings. The zero-order valence-electron chi connectivity index (χ0n) is 10.9. The second kappa shape index (κ2) is 5.83. The molecule has 0 saturated heterocycles. The SMILES string of the molecule is Cc1ccc(S(N)(=O)=O)cc1NCc1ccc(Cl)cc1. The van der Waals surface area contributed by atoms with E-state index < -0.39 is 10.0 Å². The van der Waals surface area contributed by atoms with Crippen molar-refractivity contribution in [2.45, 2.75) is 18.4 Å². The van der Waals surface area contributed by atoms with Crippen LogP contribution in [0, 0.1) is 6.92 Å². The van der Waals surface area contributed by atoms with E-state index in [-0.39, 0.29) is 4.90 Å². The Kier molecular flexibility index (Phi) is 4.32. The molecule has 0 unspecified atom stereocenters. The normalized spacial score (nSPS) is 11.3. The molecule has 2 aromatic rings. The number of primary sulfonamides is 1. The second-order valence-corrected chi connectivity index (χ2v) is 6.50. The van der Waals surface area contributed by atoms with Crippen LogP contribution in [0.25, 0.3) is 0 Å². The zero-order chi connectivity index (χ0) is 14.8. The van der Waals surface area contributed by atoms with E-state index in [2.05, 4.69) is 5.32 Å². The molecule has 0 amide bonds. The maximum atomic E-state index is 11.3. The van der Waals surface area contributed by atoms with Crippen molar-refractivity contribution >= 4 is 27.3 Å². The highest BCUT2D eigenvalue weighted by Crippen LogP contribution is 2.20. The van der Waals surface area contributed by atoms with Gasteiger partial charge in [-0.1, -0.05) is 29.8 Å². The fourth-order valence-electron chi connectivity index (χ4n) is 1.77. The van der Waals surface area contributed by atoms with Crippen molar-refractivity contribution < 1.29 is 8.42 Å². The van der Waals surface area contributed by atoms with E-state index in [4.69, 9.17) is 16.7 Å². The molecule has 0 atom stereocenters. The largest absolute Gasteiger partial charge is 0.381 e. The molecule has 20 heavy (non-hydrogen) atoms. The number of nitrogens with one attached hydrogen (secondary N) is 1. The van der Waals surface area contributed by atoms with Crippen molar-refractivity contribution in [3.05, 3.63) is 58.6 Å². The number of benzene rings is 2. The summed E-state index contributed by atoms with van der Waals surface area (Å²) in [7, 11) is -3.69. The molecule has 0 heterocycles. The van der Waals surface area contributed by atoms with Crippen LogP contribution in [0.3, 0.4) is 0 Å². The molecule has 2 rings (SSSR count). The van der Waals surface area contributed by atoms with E-state index in [1.807, 2.05) is 31.2 Å². The summed E-state index contributed by atoms with van der Waals surface area (Å²) >= 11 is 5.82. The molecule has 0 aliphatic carbocycles. The van der Waals surface area contributed by atoms with Crippen molar-refractivity contribution in [2.24, 2.45) is 5.14 Å². The summed E-state index contributed by atoms with van der Waals surface area (Å²) in [5, 5.41) is 9.01. The molecular formula is C14H15ClN2O2S. The average molecular weight is 311 g/mol. The standard InChI is InChI=1S/C14H15ClN2O2S/c1-10-2-7-13(20(16,18)19)8-14(10)17-9-11-3-5-12(15)6-4-11/h2-8,17H,9H2,1H3,(H2,16,18,19). The molecule has 0 radical (unpaired) electrons. The van der Waals surface area contributed by atoms with Gasteiger partial charge in [-0.2, -0.15) is 0 Å². The summed E-state index contributed by atoms with van der Waals surface area (Å²) in [6, 6.07) is 12.2. The predicted molar refractivity (Wildman–Crippen MR) is 81.3 cm³/mol. The molecule has 0 saturated carbocycles. The van der Waals surface area contributed by atoms with Crippen LogP contribution in [0.1, 0.15) is 11.1 Å². The number of hydrogen-bond acceptors (Lipinski definition) is 3. The number of hydrogen-bond donors (Lipinski definition) is 2. The minimum atomic E-state index is -3.69. The maximum Gasteiger partial charge on any atom is 0.238 e. The third kappa shape index (κ3) is 3.72. The van der Waals surface area contributed by atoms with E-state index in [1.165, 1.54) is 6.07 Å². The first-order valence-electron chi connectivity index (χ1n) is 5.98. The summed E-state index contributed by atoms with van der Waals surface area (Å²) in [5.74, 6) is 0. The topological polar surface area (TPSA) is 72.2 Å². The van der Waals surface area contributed by atoms with Crippen molar-refractivity contribution in [3.63, 3.8) is 0 Å². The Morgan fingerprint density at radius 3 is 2.40 bits per heavy atom. The summed E-state index contributed by atoms with van der Waals surface area (Å²) in [6.07, 6.45) is 0. The lowest BCUT2D eigenvalue weighted by molar-refractivity contribution is 0.598. The van der Waals surface area contributed by atoms with Crippen molar-refractivity contribution in [3.8, 4) is 0 Å². The summed E-state index contributed by atoms with van der Waals surface area (Å²) in [6.45, 7) is 2.48. The quantitative estimate of drug-likeness (QED) is 0.912. The minimum absolute atomic E-state index is 0.0988. The number of aryl methyl sites for hydroxylation is 1. The van der Waals surface area contributed by atoms with Gasteiger partial charge in [0.2, 0.25) is 10.0 Å². The smallest absolute Gasteiger partial charge is 0.238 e. The number of rotatable bonds is 4. The van der Waals surface area contributed by atoms with Gasteiger partial charge in [0.15, 0.2) is 0 Å². The van der Waals surface area contributed by atoms with E-state index in [9.17, 15) is 8.42 Å². The summed E-state index contributed by atoms with van der Waals surface area (Å²) < 4.78 is 22.7. The van der Waals surface area contributed by atoms with Gasteiger partial charge in [0, 0.05) is 17.3 Å². The van der Waals surface area contributed by atoms with Crippen LogP contribution in [0.2, 0.25) is 5.02 Å². The molecule has 0 bridgehead atoms. The first kappa shape index (κ1) is 14.8. The lowest BCUT2D eigenvalue weighted by atomic mass is 10.2. The minimum Gasteiger partial charge on any atom is -0.381 e. The molecule has 2 aromatic carbocycles. The monoisotopic (exact) mass is 310 g/mol. The molecule has 4 nitrogen and oxygen atoms in total. The van der Waals surface area contributed by atoms with E-state index in [0.717, 1.165) is 16.8 Å². The van der Waals surface area contributed by atoms with Crippen LogP contribution in [0.5, 0.6) is 0 Å². The van der Waals surface area contributed by atoms with Gasteiger partial charge < -0.3 is 5.32 Å². The van der Waals surface area contributed by atoms with Gasteiger partial charge in [0.25, 0.3) is 0 Å². The number of anilines is 1. The highest BCUT2D eigenvalue weighted by atomic mass is 35.5. The van der Waals surface area contributed by atoms with Gasteiger partial charge in [-0.25, -0.2) is 13.6 Å². The number of nitrogens with two attached hydrogens (primary N) is 1. The number of halogens is 1. The van der Waals surface area contributed by atoms with Crippen molar-refractivity contribution in [1.82, 2.24) is 0 Å². The van der Waals surface area contributed by atoms with Gasteiger partial charge in [-0.15, -0.1) is 0 Å². The van der Waals surface area contributed by atoms with E-state index in [1.54, 1.807) is 12.1 Å². The molecule has 3 N–H and O–H groups in total. The van der Waals surface area contributed by atoms with Crippen LogP contribution in [-0.2, 0) is 16.6 Å². The Labute approximate surface area is 123 Å². The lowest BCUT2D eigenvalue weighted by Crippen LogP contribution is -2.13. The van der Waals surface area contributed by atoms with Crippen LogP contribution >= 0.6 is 11.6 Å². The second-order valence-electron chi connectivity index (χ2n) is 4.50. The molecule has 0 spiro atoms. The van der Waals surface area contributed by atoms with Crippen LogP contribution in [0.4, 0.5) is 5.69 Å². The molecule has 0 fully saturated rings. The predicted octanol–water partition coefficient (Wildman–Crippen LogP) is 2.91. The Morgan fingerprint density at radius 2 is 1.80 bits per heavy atom. The highest BCUT2D eigenvalue weighted by molar-refractivity contribution is 7.89. The lowest BCUT2D eigenvalue weighted by Gasteiger charge is -2.11. The third-order valence-corrected chi connectivity index (χ3v) is 4.10. The first-order chi connectivity index (χ1) is 9.36. The summed E-state index contributed by atoms with van der Waals surface area (Å²) in [4.78, 5) is 0.0988. The van der Waals surface area contributed by atoms with Gasteiger partial charge >= 0.3 is 0 Å². The van der Waals surface area contributed by atoms with Gasteiger partial charge in [-0.3, -0.25) is 0 Å². The molecule has 106 valence electrons. The fraction of sp³-hybridized carbons (Fsp3) is 0.143. The molecule has 0 aliphatic heterocycles.